The molecule has 1 unspecified atom stereocenters. The summed E-state index contributed by atoms with van der Waals surface area (Å²) in [6.07, 6.45) is 2.13. The molecule has 166 valence electrons. The van der Waals surface area contributed by atoms with Crippen LogP contribution < -0.4 is 21.3 Å². The first-order valence-corrected chi connectivity index (χ1v) is 9.80. The number of carboxylic acids is 1. The predicted molar refractivity (Wildman–Crippen MR) is 119 cm³/mol. The van der Waals surface area contributed by atoms with Gasteiger partial charge in [0.25, 0.3) is 11.5 Å². The molecule has 3 aromatic rings. The molecule has 32 heavy (non-hydrogen) atoms. The number of aromatic nitrogens is 2. The molecule has 1 aromatic heterocycles. The molecule has 0 spiro atoms. The van der Waals surface area contributed by atoms with Gasteiger partial charge in [0, 0.05) is 25.2 Å². The second kappa shape index (κ2) is 9.34. The van der Waals surface area contributed by atoms with Crippen LogP contribution in [0.5, 0.6) is 5.75 Å². The lowest BCUT2D eigenvalue weighted by atomic mass is 10.1. The highest BCUT2D eigenvalue weighted by molar-refractivity contribution is 5.97. The molecule has 2 N–H and O–H groups in total. The fourth-order valence-corrected chi connectivity index (χ4v) is 3.32. The molecule has 0 bridgehead atoms. The Labute approximate surface area is 183 Å². The minimum atomic E-state index is -1.18. The Balaban J connectivity index is 1.94. The van der Waals surface area contributed by atoms with Crippen molar-refractivity contribution in [3.05, 3.63) is 86.6 Å². The molecule has 9 nitrogen and oxygen atoms in total. The second-order valence-electron chi connectivity index (χ2n) is 7.22. The number of carboxylic acid groups (broad SMARTS) is 1. The molecule has 0 radical (unpaired) electrons. The van der Waals surface area contributed by atoms with Crippen molar-refractivity contribution in [1.82, 2.24) is 14.5 Å². The van der Waals surface area contributed by atoms with E-state index >= 15 is 0 Å². The van der Waals surface area contributed by atoms with Crippen LogP contribution in [0.3, 0.4) is 0 Å². The zero-order chi connectivity index (χ0) is 23.4. The highest BCUT2D eigenvalue weighted by Gasteiger charge is 2.16. The van der Waals surface area contributed by atoms with Crippen molar-refractivity contribution in [2.24, 2.45) is 7.05 Å². The molecule has 0 aliphatic carbocycles. The van der Waals surface area contributed by atoms with Crippen molar-refractivity contribution in [3.8, 4) is 5.75 Å². The van der Waals surface area contributed by atoms with Gasteiger partial charge in [-0.05, 0) is 42.8 Å². The molecule has 2 aromatic carbocycles. The normalized spacial score (nSPS) is 12.1. The third-order valence-corrected chi connectivity index (χ3v) is 5.10. The zero-order valence-corrected chi connectivity index (χ0v) is 17.9. The molecule has 1 atom stereocenters. The Bertz CT molecular complexity index is 1320. The Morgan fingerprint density at radius 2 is 1.84 bits per heavy atom. The molecule has 0 fully saturated rings. The summed E-state index contributed by atoms with van der Waals surface area (Å²) in [5.74, 6) is -0.844. The number of nitrogens with one attached hydrogen (secondary N) is 1. The number of fused-ring (bicyclic) bond motifs is 1. The van der Waals surface area contributed by atoms with Gasteiger partial charge in [0.15, 0.2) is 0 Å². The lowest BCUT2D eigenvalue weighted by Gasteiger charge is -2.15. The number of allylic oxidation sites excluding steroid dienone is 1. The minimum Gasteiger partial charge on any atom is -0.497 e. The Morgan fingerprint density at radius 1 is 1.16 bits per heavy atom. The van der Waals surface area contributed by atoms with Crippen LogP contribution >= 0.6 is 0 Å². The number of carbonyl (C=O) groups excluding carboxylic acids is 1. The largest absolute Gasteiger partial charge is 0.497 e. The maximum Gasteiger partial charge on any atom is 0.331 e. The van der Waals surface area contributed by atoms with Crippen LogP contribution in [0.15, 0.2) is 64.2 Å². The number of rotatable bonds is 7. The summed E-state index contributed by atoms with van der Waals surface area (Å²) in [6.45, 7) is 1.83. The summed E-state index contributed by atoms with van der Waals surface area (Å²) >= 11 is 0. The number of methoxy groups -OCH3 is 1. The lowest BCUT2D eigenvalue weighted by molar-refractivity contribution is -0.131. The highest BCUT2D eigenvalue weighted by Crippen LogP contribution is 2.14. The number of aryl methyl sites for hydroxylation is 1. The molecule has 1 heterocycles. The van der Waals surface area contributed by atoms with Gasteiger partial charge in [0.1, 0.15) is 5.75 Å². The number of amides is 1. The van der Waals surface area contributed by atoms with Crippen LogP contribution in [0, 0.1) is 0 Å². The van der Waals surface area contributed by atoms with Gasteiger partial charge in [0.2, 0.25) is 0 Å². The van der Waals surface area contributed by atoms with Crippen LogP contribution in [0.2, 0.25) is 0 Å². The van der Waals surface area contributed by atoms with Gasteiger partial charge in [-0.25, -0.2) is 9.59 Å². The Kier molecular flexibility index (Phi) is 6.58. The van der Waals surface area contributed by atoms with E-state index in [2.05, 4.69) is 5.32 Å². The van der Waals surface area contributed by atoms with E-state index in [-0.39, 0.29) is 23.4 Å². The number of hydrogen-bond donors (Lipinski definition) is 2. The van der Waals surface area contributed by atoms with Crippen molar-refractivity contribution in [2.75, 3.05) is 7.11 Å². The first-order chi connectivity index (χ1) is 15.2. The van der Waals surface area contributed by atoms with Crippen LogP contribution in [-0.2, 0) is 18.4 Å². The first kappa shape index (κ1) is 22.5. The van der Waals surface area contributed by atoms with Crippen molar-refractivity contribution in [3.63, 3.8) is 0 Å². The smallest absolute Gasteiger partial charge is 0.331 e. The second-order valence-corrected chi connectivity index (χ2v) is 7.22. The van der Waals surface area contributed by atoms with Gasteiger partial charge in [-0.15, -0.1) is 0 Å². The number of hydrogen-bond acceptors (Lipinski definition) is 5. The summed E-state index contributed by atoms with van der Waals surface area (Å²) in [5.41, 5.74) is 0.334. The zero-order valence-electron chi connectivity index (χ0n) is 17.9. The number of carbonyl (C=O) groups is 2. The molecule has 0 saturated carbocycles. The van der Waals surface area contributed by atoms with E-state index in [0.717, 1.165) is 16.2 Å². The maximum absolute atomic E-state index is 13.0. The lowest BCUT2D eigenvalue weighted by Crippen LogP contribution is -2.40. The fourth-order valence-electron chi connectivity index (χ4n) is 3.32. The van der Waals surface area contributed by atoms with E-state index in [1.165, 1.54) is 23.8 Å². The van der Waals surface area contributed by atoms with E-state index in [4.69, 9.17) is 9.84 Å². The SMILES string of the molecule is COc1ccc(CNC(=O)c2ccc3c(c2)c(=O)n(C(C)C=CC(=O)O)c(=O)n3C)cc1. The summed E-state index contributed by atoms with van der Waals surface area (Å²) in [7, 11) is 3.08. The van der Waals surface area contributed by atoms with Crippen LogP contribution in [-0.4, -0.2) is 33.2 Å². The molecule has 3 rings (SSSR count). The van der Waals surface area contributed by atoms with E-state index < -0.39 is 23.3 Å². The molecule has 0 aliphatic rings. The molecular formula is C23H23N3O6. The van der Waals surface area contributed by atoms with E-state index in [9.17, 15) is 19.2 Å². The van der Waals surface area contributed by atoms with Gasteiger partial charge in [-0.2, -0.15) is 0 Å². The predicted octanol–water partition coefficient (Wildman–Crippen LogP) is 1.84. The monoisotopic (exact) mass is 437 g/mol. The van der Waals surface area contributed by atoms with Gasteiger partial charge in [0.05, 0.1) is 24.1 Å². The van der Waals surface area contributed by atoms with Crippen LogP contribution in [0.25, 0.3) is 10.9 Å². The summed E-state index contributed by atoms with van der Waals surface area (Å²) in [5, 5.41) is 11.8. The molecule has 1 amide bonds. The third-order valence-electron chi connectivity index (χ3n) is 5.10. The van der Waals surface area contributed by atoms with Gasteiger partial charge in [-0.3, -0.25) is 18.7 Å². The molecular weight excluding hydrogens is 414 g/mol. The Morgan fingerprint density at radius 3 is 2.47 bits per heavy atom. The quantitative estimate of drug-likeness (QED) is 0.545. The van der Waals surface area contributed by atoms with Gasteiger partial charge < -0.3 is 15.2 Å². The van der Waals surface area contributed by atoms with Crippen molar-refractivity contribution < 1.29 is 19.4 Å². The van der Waals surface area contributed by atoms with Crippen molar-refractivity contribution in [2.45, 2.75) is 19.5 Å². The first-order valence-electron chi connectivity index (χ1n) is 9.80. The van der Waals surface area contributed by atoms with E-state index in [0.29, 0.717) is 11.3 Å². The summed E-state index contributed by atoms with van der Waals surface area (Å²) in [4.78, 5) is 49.1. The van der Waals surface area contributed by atoms with Gasteiger partial charge >= 0.3 is 11.7 Å². The summed E-state index contributed by atoms with van der Waals surface area (Å²) < 4.78 is 7.36. The topological polar surface area (TPSA) is 120 Å². The van der Waals surface area contributed by atoms with E-state index in [1.54, 1.807) is 38.3 Å². The minimum absolute atomic E-state index is 0.180. The number of ether oxygens (including phenoxy) is 1. The number of nitrogens with zero attached hydrogens (tertiary/aromatic N) is 2. The van der Waals surface area contributed by atoms with Crippen LogP contribution in [0.1, 0.15) is 28.9 Å². The fraction of sp³-hybridized carbons (Fsp3) is 0.217. The summed E-state index contributed by atoms with van der Waals surface area (Å²) in [6, 6.07) is 11.0. The van der Waals surface area contributed by atoms with Crippen molar-refractivity contribution >= 4 is 22.8 Å². The standard InChI is InChI=1S/C23H23N3O6/c1-14(4-11-20(27)28)26-22(30)18-12-16(7-10-19(18)25(2)23(26)31)21(29)24-13-15-5-8-17(32-3)9-6-15/h4-12,14H,13H2,1-3H3,(H,24,29)(H,27,28). The van der Waals surface area contributed by atoms with Crippen LogP contribution in [0.4, 0.5) is 0 Å². The van der Waals surface area contributed by atoms with Crippen molar-refractivity contribution in [1.29, 1.82) is 0 Å². The highest BCUT2D eigenvalue weighted by atomic mass is 16.5. The molecule has 0 saturated heterocycles. The maximum atomic E-state index is 13.0. The average molecular weight is 437 g/mol. The number of aliphatic carboxylic acids is 1. The number of benzene rings is 2. The molecule has 0 aliphatic heterocycles. The third kappa shape index (κ3) is 4.61. The Hall–Kier alpha value is -4.14. The average Bonchev–Trinajstić information content (AvgIpc) is 2.79. The van der Waals surface area contributed by atoms with Gasteiger partial charge in [-0.1, -0.05) is 18.2 Å². The van der Waals surface area contributed by atoms with E-state index in [1.807, 2.05) is 12.1 Å². The molecule has 9 heteroatoms.